The molecule has 6 heteroatoms. The molecule has 0 aromatic heterocycles. The molecule has 0 saturated heterocycles. The van der Waals surface area contributed by atoms with Gasteiger partial charge in [0.25, 0.3) is 0 Å². The molecule has 0 heterocycles. The Labute approximate surface area is 173 Å². The second-order valence-corrected chi connectivity index (χ2v) is 6.69. The Kier molecular flexibility index (Phi) is 6.90. The van der Waals surface area contributed by atoms with Crippen LogP contribution in [-0.2, 0) is 6.61 Å². The Hall–Kier alpha value is -2.56. The maximum absolute atomic E-state index is 13.7. The minimum atomic E-state index is -0.339. The topological polar surface area (TPSA) is 30.8 Å². The lowest BCUT2D eigenvalue weighted by molar-refractivity contribution is 0.300. The van der Waals surface area contributed by atoms with Gasteiger partial charge in [-0.05, 0) is 55.0 Å². The zero-order valence-corrected chi connectivity index (χ0v) is 16.7. The summed E-state index contributed by atoms with van der Waals surface area (Å²) in [6.45, 7) is 2.58. The first-order chi connectivity index (χ1) is 13.6. The van der Waals surface area contributed by atoms with Gasteiger partial charge in [-0.3, -0.25) is 4.99 Å². The lowest BCUT2D eigenvalue weighted by Gasteiger charge is -2.11. The van der Waals surface area contributed by atoms with Crippen molar-refractivity contribution in [3.63, 3.8) is 0 Å². The van der Waals surface area contributed by atoms with E-state index in [-0.39, 0.29) is 12.4 Å². The molecule has 0 amide bonds. The summed E-state index contributed by atoms with van der Waals surface area (Å²) in [6.07, 6.45) is 1.66. The Morgan fingerprint density at radius 1 is 0.964 bits per heavy atom. The van der Waals surface area contributed by atoms with E-state index in [9.17, 15) is 4.39 Å². The fraction of sp³-hybridized carbons (Fsp3) is 0.136. The third-order valence-electron chi connectivity index (χ3n) is 3.86. The molecule has 0 bridgehead atoms. The summed E-state index contributed by atoms with van der Waals surface area (Å²) < 4.78 is 24.7. The Bertz CT molecular complexity index is 952. The first-order valence-corrected chi connectivity index (χ1v) is 9.44. The molecule has 0 aliphatic heterocycles. The van der Waals surface area contributed by atoms with E-state index < -0.39 is 0 Å². The van der Waals surface area contributed by atoms with Crippen LogP contribution in [0, 0.1) is 5.82 Å². The van der Waals surface area contributed by atoms with E-state index in [1.807, 2.05) is 31.2 Å². The van der Waals surface area contributed by atoms with Gasteiger partial charge in [0.2, 0.25) is 0 Å². The normalized spacial score (nSPS) is 11.0. The van der Waals surface area contributed by atoms with Crippen molar-refractivity contribution in [2.45, 2.75) is 13.5 Å². The molecule has 0 unspecified atom stereocenters. The third-order valence-corrected chi connectivity index (χ3v) is 4.42. The Morgan fingerprint density at radius 2 is 1.64 bits per heavy atom. The van der Waals surface area contributed by atoms with Crippen LogP contribution >= 0.6 is 23.2 Å². The molecule has 0 aliphatic rings. The molecule has 3 nitrogen and oxygen atoms in total. The minimum Gasteiger partial charge on any atom is -0.494 e. The van der Waals surface area contributed by atoms with Gasteiger partial charge in [-0.1, -0.05) is 41.4 Å². The van der Waals surface area contributed by atoms with Crippen LogP contribution < -0.4 is 9.47 Å². The van der Waals surface area contributed by atoms with E-state index in [2.05, 4.69) is 4.99 Å². The van der Waals surface area contributed by atoms with Gasteiger partial charge in [0.15, 0.2) is 5.75 Å². The van der Waals surface area contributed by atoms with Crippen LogP contribution in [0.2, 0.25) is 10.0 Å². The van der Waals surface area contributed by atoms with E-state index in [1.165, 1.54) is 6.07 Å². The maximum atomic E-state index is 13.7. The predicted molar refractivity (Wildman–Crippen MR) is 112 cm³/mol. The van der Waals surface area contributed by atoms with E-state index in [0.717, 1.165) is 17.0 Å². The quantitative estimate of drug-likeness (QED) is 0.393. The molecule has 3 rings (SSSR count). The zero-order valence-electron chi connectivity index (χ0n) is 15.2. The fourth-order valence-corrected chi connectivity index (χ4v) is 3.11. The molecular formula is C22H18Cl2FNO2. The van der Waals surface area contributed by atoms with Crippen LogP contribution in [0.3, 0.4) is 0 Å². The Balaban J connectivity index is 1.71. The van der Waals surface area contributed by atoms with E-state index in [4.69, 9.17) is 32.7 Å². The molecular weight excluding hydrogens is 400 g/mol. The molecule has 144 valence electrons. The molecule has 0 atom stereocenters. The minimum absolute atomic E-state index is 0.0335. The summed E-state index contributed by atoms with van der Waals surface area (Å²) in [5, 5.41) is 0.661. The number of benzene rings is 3. The van der Waals surface area contributed by atoms with E-state index in [0.29, 0.717) is 28.0 Å². The number of nitrogens with zero attached hydrogens (tertiary/aromatic N) is 1. The third kappa shape index (κ3) is 5.24. The molecule has 3 aromatic carbocycles. The smallest absolute Gasteiger partial charge is 0.157 e. The van der Waals surface area contributed by atoms with Gasteiger partial charge < -0.3 is 9.47 Å². The highest BCUT2D eigenvalue weighted by Gasteiger charge is 2.11. The molecule has 0 fully saturated rings. The van der Waals surface area contributed by atoms with Crippen molar-refractivity contribution < 1.29 is 13.9 Å². The number of hydrogen-bond donors (Lipinski definition) is 0. The lowest BCUT2D eigenvalue weighted by atomic mass is 10.2. The van der Waals surface area contributed by atoms with Crippen molar-refractivity contribution in [2.75, 3.05) is 6.61 Å². The SMILES string of the molecule is CCOc1ccc(N=Cc2cc(Cl)c(OCc3ccccc3F)c(Cl)c2)cc1. The summed E-state index contributed by atoms with van der Waals surface area (Å²) in [5.41, 5.74) is 1.92. The number of rotatable bonds is 7. The predicted octanol–water partition coefficient (Wildman–Crippen LogP) is 6.86. The molecule has 0 radical (unpaired) electrons. The van der Waals surface area contributed by atoms with E-state index >= 15 is 0 Å². The van der Waals surface area contributed by atoms with Crippen molar-refractivity contribution in [3.8, 4) is 11.5 Å². The van der Waals surface area contributed by atoms with Crippen molar-refractivity contribution in [3.05, 3.63) is 87.7 Å². The van der Waals surface area contributed by atoms with E-state index in [1.54, 1.807) is 36.5 Å². The standard InChI is InChI=1S/C22H18Cl2FNO2/c1-2-27-18-9-7-17(8-10-18)26-13-15-11-19(23)22(20(24)12-15)28-14-16-5-3-4-6-21(16)25/h3-13H,2,14H2,1H3. The first-order valence-electron chi connectivity index (χ1n) is 8.69. The number of aliphatic imine (C=N–C) groups is 1. The van der Waals surface area contributed by atoms with Crippen LogP contribution in [0.4, 0.5) is 10.1 Å². The lowest BCUT2D eigenvalue weighted by Crippen LogP contribution is -1.99. The summed E-state index contributed by atoms with van der Waals surface area (Å²) in [4.78, 5) is 4.41. The van der Waals surface area contributed by atoms with Gasteiger partial charge in [0.1, 0.15) is 18.2 Å². The van der Waals surface area contributed by atoms with Gasteiger partial charge in [-0.15, -0.1) is 0 Å². The summed E-state index contributed by atoms with van der Waals surface area (Å²) in [5.74, 6) is 0.766. The molecule has 0 N–H and O–H groups in total. The monoisotopic (exact) mass is 417 g/mol. The maximum Gasteiger partial charge on any atom is 0.157 e. The Morgan fingerprint density at radius 3 is 2.29 bits per heavy atom. The van der Waals surface area contributed by atoms with Crippen LogP contribution in [0.5, 0.6) is 11.5 Å². The average Bonchev–Trinajstić information content (AvgIpc) is 2.68. The molecule has 3 aromatic rings. The van der Waals surface area contributed by atoms with Crippen LogP contribution in [-0.4, -0.2) is 12.8 Å². The second-order valence-electron chi connectivity index (χ2n) is 5.88. The summed E-state index contributed by atoms with van der Waals surface area (Å²) in [7, 11) is 0. The highest BCUT2D eigenvalue weighted by atomic mass is 35.5. The van der Waals surface area contributed by atoms with Crippen molar-refractivity contribution in [2.24, 2.45) is 4.99 Å². The largest absolute Gasteiger partial charge is 0.494 e. The van der Waals surface area contributed by atoms with Gasteiger partial charge >= 0.3 is 0 Å². The first kappa shape index (κ1) is 20.2. The van der Waals surface area contributed by atoms with Gasteiger partial charge in [0.05, 0.1) is 22.3 Å². The molecule has 0 spiro atoms. The average molecular weight is 418 g/mol. The number of ether oxygens (including phenoxy) is 2. The van der Waals surface area contributed by atoms with Crippen LogP contribution in [0.15, 0.2) is 65.7 Å². The summed E-state index contributed by atoms with van der Waals surface area (Å²) >= 11 is 12.6. The van der Waals surface area contributed by atoms with Crippen LogP contribution in [0.1, 0.15) is 18.1 Å². The number of hydrogen-bond acceptors (Lipinski definition) is 3. The summed E-state index contributed by atoms with van der Waals surface area (Å²) in [6, 6.07) is 17.2. The molecule has 0 saturated carbocycles. The number of halogens is 3. The van der Waals surface area contributed by atoms with Crippen molar-refractivity contribution in [1.82, 2.24) is 0 Å². The molecule has 28 heavy (non-hydrogen) atoms. The van der Waals surface area contributed by atoms with Crippen molar-refractivity contribution >= 4 is 35.1 Å². The second kappa shape index (κ2) is 9.58. The highest BCUT2D eigenvalue weighted by molar-refractivity contribution is 6.37. The van der Waals surface area contributed by atoms with Crippen molar-refractivity contribution in [1.29, 1.82) is 0 Å². The zero-order chi connectivity index (χ0) is 19.9. The fourth-order valence-electron chi connectivity index (χ4n) is 2.50. The van der Waals surface area contributed by atoms with Gasteiger partial charge in [-0.2, -0.15) is 0 Å². The van der Waals surface area contributed by atoms with Crippen LogP contribution in [0.25, 0.3) is 0 Å². The highest BCUT2D eigenvalue weighted by Crippen LogP contribution is 2.34. The van der Waals surface area contributed by atoms with Gasteiger partial charge in [-0.25, -0.2) is 4.39 Å². The molecule has 0 aliphatic carbocycles. The van der Waals surface area contributed by atoms with Gasteiger partial charge in [0, 0.05) is 11.8 Å².